The number of benzene rings is 3. The van der Waals surface area contributed by atoms with Gasteiger partial charge in [0.05, 0.1) is 47.3 Å². The van der Waals surface area contributed by atoms with E-state index < -0.39 is 0 Å². The number of hydrogen-bond acceptors (Lipinski definition) is 5. The largest absolute Gasteiger partial charge is 0.270 e. The van der Waals surface area contributed by atoms with Gasteiger partial charge in [-0.2, -0.15) is 5.26 Å². The summed E-state index contributed by atoms with van der Waals surface area (Å²) >= 11 is 0. The van der Waals surface area contributed by atoms with Crippen molar-refractivity contribution >= 4 is 11.4 Å². The van der Waals surface area contributed by atoms with Crippen LogP contribution in [0.1, 0.15) is 36.4 Å². The zero-order valence-corrected chi connectivity index (χ0v) is 17.7. The molecule has 3 aliphatic rings. The van der Waals surface area contributed by atoms with Crippen LogP contribution in [-0.2, 0) is 9.68 Å². The average Bonchev–Trinajstić information content (AvgIpc) is 3.39. The quantitative estimate of drug-likeness (QED) is 0.564. The Labute approximate surface area is 188 Å². The second kappa shape index (κ2) is 7.98. The number of fused-ring (bicyclic) bond motifs is 4. The molecule has 32 heavy (non-hydrogen) atoms. The summed E-state index contributed by atoms with van der Waals surface area (Å²) in [5.41, 5.74) is 3.99. The molecule has 3 aromatic rings. The Bertz CT molecular complexity index is 1110. The first-order valence-electron chi connectivity index (χ1n) is 11.3. The SMILES string of the molecule is N#Cc1ccc([C@H]2[C@@H]3[C@H]4C[C@@H](CC[C@H]3ON2c2ccccc2)ON4c2ccccc2)cc1. The highest BCUT2D eigenvalue weighted by molar-refractivity contribution is 5.51. The summed E-state index contributed by atoms with van der Waals surface area (Å²) in [7, 11) is 0. The van der Waals surface area contributed by atoms with Crippen molar-refractivity contribution in [1.29, 1.82) is 5.26 Å². The average molecular weight is 424 g/mol. The van der Waals surface area contributed by atoms with Crippen molar-refractivity contribution in [3.05, 3.63) is 96.1 Å². The van der Waals surface area contributed by atoms with Crippen LogP contribution in [0.5, 0.6) is 0 Å². The molecule has 5 nitrogen and oxygen atoms in total. The van der Waals surface area contributed by atoms with Gasteiger partial charge in [-0.25, -0.2) is 5.06 Å². The lowest BCUT2D eigenvalue weighted by Gasteiger charge is -2.35. The Balaban J connectivity index is 1.44. The Hall–Kier alpha value is -3.33. The Morgan fingerprint density at radius 1 is 0.750 bits per heavy atom. The highest BCUT2D eigenvalue weighted by atomic mass is 16.7. The van der Waals surface area contributed by atoms with Gasteiger partial charge in [0, 0.05) is 5.92 Å². The fraction of sp³-hybridized carbons (Fsp3) is 0.296. The van der Waals surface area contributed by atoms with E-state index in [9.17, 15) is 5.26 Å². The van der Waals surface area contributed by atoms with Crippen LogP contribution in [0, 0.1) is 17.2 Å². The van der Waals surface area contributed by atoms with Gasteiger partial charge in [0.1, 0.15) is 0 Å². The van der Waals surface area contributed by atoms with Crippen LogP contribution < -0.4 is 10.1 Å². The molecule has 1 saturated carbocycles. The highest BCUT2D eigenvalue weighted by Gasteiger charge is 2.55. The minimum absolute atomic E-state index is 0.0341. The lowest BCUT2D eigenvalue weighted by Crippen LogP contribution is -2.42. The van der Waals surface area contributed by atoms with E-state index in [2.05, 4.69) is 64.7 Å². The molecule has 2 aliphatic heterocycles. The summed E-state index contributed by atoms with van der Waals surface area (Å²) in [6.45, 7) is 0. The molecule has 6 rings (SSSR count). The second-order valence-corrected chi connectivity index (χ2v) is 8.83. The Kier molecular flexibility index (Phi) is 4.83. The summed E-state index contributed by atoms with van der Waals surface area (Å²) < 4.78 is 0. The van der Waals surface area contributed by atoms with E-state index in [0.29, 0.717) is 5.56 Å². The van der Waals surface area contributed by atoms with Gasteiger partial charge in [0.15, 0.2) is 0 Å². The molecule has 0 N–H and O–H groups in total. The molecule has 3 aromatic carbocycles. The van der Waals surface area contributed by atoms with Crippen LogP contribution in [-0.4, -0.2) is 18.2 Å². The molecule has 2 bridgehead atoms. The lowest BCUT2D eigenvalue weighted by molar-refractivity contribution is 0.0170. The predicted octanol–water partition coefficient (Wildman–Crippen LogP) is 5.41. The van der Waals surface area contributed by atoms with Crippen molar-refractivity contribution in [2.75, 3.05) is 10.1 Å². The molecular formula is C27H25N3O2. The van der Waals surface area contributed by atoms with Gasteiger partial charge in [-0.05, 0) is 61.2 Å². The monoisotopic (exact) mass is 423 g/mol. The molecule has 0 spiro atoms. The standard InChI is InChI=1S/C27H25N3O2/c28-18-19-11-13-20(14-12-19)27-26-24-17-23(31-29(24)21-7-3-1-4-8-21)15-16-25(26)32-30(27)22-9-5-2-6-10-22/h1-14,23-27H,15-17H2/t23-,24-,25-,26-,27+/m1/s1. The van der Waals surface area contributed by atoms with Crippen LogP contribution in [0.25, 0.3) is 0 Å². The zero-order valence-electron chi connectivity index (χ0n) is 17.7. The van der Waals surface area contributed by atoms with Crippen molar-refractivity contribution in [2.45, 2.75) is 43.6 Å². The van der Waals surface area contributed by atoms with Gasteiger partial charge in [-0.15, -0.1) is 0 Å². The van der Waals surface area contributed by atoms with Crippen molar-refractivity contribution in [3.8, 4) is 6.07 Å². The summed E-state index contributed by atoms with van der Waals surface area (Å²) in [5, 5.41) is 13.5. The van der Waals surface area contributed by atoms with Gasteiger partial charge in [-0.3, -0.25) is 14.7 Å². The minimum atomic E-state index is 0.0341. The molecule has 0 amide bonds. The maximum atomic E-state index is 9.29. The third-order valence-electron chi connectivity index (χ3n) is 6.98. The van der Waals surface area contributed by atoms with Gasteiger partial charge in [0.25, 0.3) is 0 Å². The zero-order chi connectivity index (χ0) is 21.5. The molecule has 160 valence electrons. The second-order valence-electron chi connectivity index (χ2n) is 8.83. The molecule has 1 aliphatic carbocycles. The van der Waals surface area contributed by atoms with E-state index >= 15 is 0 Å². The molecule has 0 unspecified atom stereocenters. The van der Waals surface area contributed by atoms with E-state index in [1.807, 2.05) is 36.4 Å². The summed E-state index contributed by atoms with van der Waals surface area (Å²) in [5.74, 6) is 0.232. The lowest BCUT2D eigenvalue weighted by atomic mass is 9.82. The summed E-state index contributed by atoms with van der Waals surface area (Å²) in [6, 6.07) is 31.2. The number of hydrogen-bond donors (Lipinski definition) is 0. The molecule has 5 atom stereocenters. The van der Waals surface area contributed by atoms with Crippen LogP contribution >= 0.6 is 0 Å². The Morgan fingerprint density at radius 3 is 2.06 bits per heavy atom. The minimum Gasteiger partial charge on any atom is -0.270 e. The van der Waals surface area contributed by atoms with Crippen molar-refractivity contribution in [1.82, 2.24) is 0 Å². The number of nitriles is 1. The molecule has 3 fully saturated rings. The van der Waals surface area contributed by atoms with Crippen LogP contribution in [0.3, 0.4) is 0 Å². The topological polar surface area (TPSA) is 48.7 Å². The predicted molar refractivity (Wildman–Crippen MR) is 123 cm³/mol. The fourth-order valence-corrected chi connectivity index (χ4v) is 5.56. The number of nitrogens with zero attached hydrogens (tertiary/aromatic N) is 3. The van der Waals surface area contributed by atoms with E-state index in [1.54, 1.807) is 0 Å². The first-order chi connectivity index (χ1) is 15.8. The van der Waals surface area contributed by atoms with Crippen molar-refractivity contribution in [3.63, 3.8) is 0 Å². The van der Waals surface area contributed by atoms with Crippen molar-refractivity contribution < 1.29 is 9.68 Å². The van der Waals surface area contributed by atoms with Crippen LogP contribution in [0.15, 0.2) is 84.9 Å². The summed E-state index contributed by atoms with van der Waals surface area (Å²) in [4.78, 5) is 13.1. The molecule has 0 aromatic heterocycles. The van der Waals surface area contributed by atoms with Gasteiger partial charge in [-0.1, -0.05) is 48.5 Å². The summed E-state index contributed by atoms with van der Waals surface area (Å²) in [6.07, 6.45) is 3.30. The molecular weight excluding hydrogens is 398 g/mol. The third-order valence-corrected chi connectivity index (χ3v) is 6.98. The first-order valence-corrected chi connectivity index (χ1v) is 11.3. The van der Waals surface area contributed by atoms with E-state index in [-0.39, 0.29) is 30.2 Å². The van der Waals surface area contributed by atoms with Crippen LogP contribution in [0.2, 0.25) is 0 Å². The number of hydroxylamine groups is 2. The molecule has 2 saturated heterocycles. The number of rotatable bonds is 3. The number of para-hydroxylation sites is 2. The molecule has 0 radical (unpaired) electrons. The van der Waals surface area contributed by atoms with Gasteiger partial charge >= 0.3 is 0 Å². The van der Waals surface area contributed by atoms with Crippen LogP contribution in [0.4, 0.5) is 11.4 Å². The fourth-order valence-electron chi connectivity index (χ4n) is 5.56. The maximum Gasteiger partial charge on any atom is 0.0991 e. The molecule has 2 heterocycles. The van der Waals surface area contributed by atoms with Gasteiger partial charge < -0.3 is 0 Å². The normalized spacial score (nSPS) is 28.8. The molecule has 5 heteroatoms. The first kappa shape index (κ1) is 19.4. The third kappa shape index (κ3) is 3.24. The smallest absolute Gasteiger partial charge is 0.0991 e. The van der Waals surface area contributed by atoms with E-state index in [0.717, 1.165) is 30.6 Å². The number of anilines is 2. The maximum absolute atomic E-state index is 9.29. The van der Waals surface area contributed by atoms with E-state index in [4.69, 9.17) is 9.68 Å². The van der Waals surface area contributed by atoms with Crippen molar-refractivity contribution in [2.24, 2.45) is 5.92 Å². The van der Waals surface area contributed by atoms with Gasteiger partial charge in [0.2, 0.25) is 0 Å². The Morgan fingerprint density at radius 2 is 1.41 bits per heavy atom. The highest BCUT2D eigenvalue weighted by Crippen LogP contribution is 2.51. The van der Waals surface area contributed by atoms with E-state index in [1.165, 1.54) is 5.56 Å².